The highest BCUT2D eigenvalue weighted by Crippen LogP contribution is 2.30. The van der Waals surface area contributed by atoms with Gasteiger partial charge in [0.15, 0.2) is 9.84 Å². The van der Waals surface area contributed by atoms with Gasteiger partial charge in [-0.3, -0.25) is 4.79 Å². The van der Waals surface area contributed by atoms with Gasteiger partial charge in [-0.15, -0.1) is 0 Å². The van der Waals surface area contributed by atoms with Crippen LogP contribution in [0.3, 0.4) is 0 Å². The lowest BCUT2D eigenvalue weighted by molar-refractivity contribution is -0.121. The van der Waals surface area contributed by atoms with E-state index in [1.807, 2.05) is 24.3 Å². The molecule has 0 aromatic heterocycles. The number of nitrogens with one attached hydrogen (secondary N) is 1. The fourth-order valence-corrected chi connectivity index (χ4v) is 4.42. The Morgan fingerprint density at radius 2 is 2.05 bits per heavy atom. The van der Waals surface area contributed by atoms with Gasteiger partial charge in [-0.25, -0.2) is 8.42 Å². The minimum atomic E-state index is -3.07. The van der Waals surface area contributed by atoms with Crippen LogP contribution in [0.4, 0.5) is 0 Å². The molecule has 122 valence electrons. The molecule has 1 aromatic rings. The lowest BCUT2D eigenvalue weighted by Gasteiger charge is -2.35. The van der Waals surface area contributed by atoms with Crippen LogP contribution in [0.5, 0.6) is 5.75 Å². The normalized spacial score (nSPS) is 22.8. The molecule has 1 aromatic carbocycles. The summed E-state index contributed by atoms with van der Waals surface area (Å²) in [5, 5.41) is 2.95. The average Bonchev–Trinajstić information content (AvgIpc) is 2.43. The Morgan fingerprint density at radius 3 is 2.68 bits per heavy atom. The number of benzene rings is 1. The van der Waals surface area contributed by atoms with Gasteiger partial charge in [0, 0.05) is 11.6 Å². The zero-order valence-electron chi connectivity index (χ0n) is 13.3. The predicted molar refractivity (Wildman–Crippen MR) is 85.7 cm³/mol. The molecule has 1 N–H and O–H groups in total. The van der Waals surface area contributed by atoms with Gasteiger partial charge in [0.05, 0.1) is 24.0 Å². The van der Waals surface area contributed by atoms with Crippen molar-refractivity contribution in [2.24, 2.45) is 0 Å². The quantitative estimate of drug-likeness (QED) is 0.915. The van der Waals surface area contributed by atoms with Crippen molar-refractivity contribution in [2.75, 3.05) is 12.9 Å². The minimum absolute atomic E-state index is 0.0965. The molecule has 1 saturated heterocycles. The SMILES string of the molecule is COc1ccccc1CC(=O)NC1CCS(=O)(=O)C(C)(C)C1. The van der Waals surface area contributed by atoms with E-state index in [9.17, 15) is 13.2 Å². The molecule has 1 aliphatic rings. The van der Waals surface area contributed by atoms with E-state index in [-0.39, 0.29) is 24.1 Å². The maximum Gasteiger partial charge on any atom is 0.224 e. The van der Waals surface area contributed by atoms with E-state index in [1.165, 1.54) is 0 Å². The second-order valence-corrected chi connectivity index (χ2v) is 9.07. The summed E-state index contributed by atoms with van der Waals surface area (Å²) >= 11 is 0. The molecule has 6 heteroatoms. The smallest absolute Gasteiger partial charge is 0.224 e. The van der Waals surface area contributed by atoms with E-state index < -0.39 is 14.6 Å². The molecule has 0 saturated carbocycles. The fourth-order valence-electron chi connectivity index (χ4n) is 2.82. The Labute approximate surface area is 132 Å². The summed E-state index contributed by atoms with van der Waals surface area (Å²) in [7, 11) is -1.50. The van der Waals surface area contributed by atoms with Gasteiger partial charge in [0.2, 0.25) is 5.91 Å². The van der Waals surface area contributed by atoms with Crippen LogP contribution in [0.25, 0.3) is 0 Å². The van der Waals surface area contributed by atoms with Crippen molar-refractivity contribution in [3.8, 4) is 5.75 Å². The van der Waals surface area contributed by atoms with Crippen molar-refractivity contribution in [3.05, 3.63) is 29.8 Å². The number of ether oxygens (including phenoxy) is 1. The molecule has 0 spiro atoms. The molecule has 5 nitrogen and oxygen atoms in total. The van der Waals surface area contributed by atoms with E-state index in [0.717, 1.165) is 5.56 Å². The summed E-state index contributed by atoms with van der Waals surface area (Å²) in [5.41, 5.74) is 0.824. The van der Waals surface area contributed by atoms with Crippen LogP contribution < -0.4 is 10.1 Å². The molecule has 2 rings (SSSR count). The molecule has 1 heterocycles. The van der Waals surface area contributed by atoms with E-state index in [1.54, 1.807) is 21.0 Å². The third-order valence-electron chi connectivity index (χ3n) is 4.22. The highest BCUT2D eigenvalue weighted by Gasteiger charge is 2.41. The number of hydrogen-bond acceptors (Lipinski definition) is 4. The standard InChI is InChI=1S/C16H23NO4S/c1-16(2)11-13(8-9-22(16,19)20)17-15(18)10-12-6-4-5-7-14(12)21-3/h4-7,13H,8-11H2,1-3H3,(H,17,18). The number of hydrogen-bond donors (Lipinski definition) is 1. The van der Waals surface area contributed by atoms with Crippen LogP contribution >= 0.6 is 0 Å². The van der Waals surface area contributed by atoms with Crippen LogP contribution in [0.1, 0.15) is 32.3 Å². The summed E-state index contributed by atoms with van der Waals surface area (Å²) < 4.78 is 28.4. The first-order chi connectivity index (χ1) is 10.2. The summed E-state index contributed by atoms with van der Waals surface area (Å²) in [6.45, 7) is 3.45. The molecule has 1 atom stereocenters. The zero-order chi connectivity index (χ0) is 16.4. The Kier molecular flexibility index (Phi) is 4.80. The summed E-state index contributed by atoms with van der Waals surface area (Å²) in [5.74, 6) is 0.702. The maximum atomic E-state index is 12.2. The largest absolute Gasteiger partial charge is 0.496 e. The summed E-state index contributed by atoms with van der Waals surface area (Å²) in [4.78, 5) is 12.2. The van der Waals surface area contributed by atoms with E-state index in [4.69, 9.17) is 4.74 Å². The van der Waals surface area contributed by atoms with Gasteiger partial charge >= 0.3 is 0 Å². The monoisotopic (exact) mass is 325 g/mol. The molecule has 0 bridgehead atoms. The first kappa shape index (κ1) is 16.8. The number of carbonyl (C=O) groups is 1. The number of carbonyl (C=O) groups excluding carboxylic acids is 1. The van der Waals surface area contributed by atoms with Gasteiger partial charge in [-0.2, -0.15) is 0 Å². The molecular weight excluding hydrogens is 302 g/mol. The lowest BCUT2D eigenvalue weighted by atomic mass is 9.99. The van der Waals surface area contributed by atoms with Crippen molar-refractivity contribution in [1.29, 1.82) is 0 Å². The van der Waals surface area contributed by atoms with E-state index >= 15 is 0 Å². The molecule has 1 unspecified atom stereocenters. The molecule has 1 amide bonds. The first-order valence-electron chi connectivity index (χ1n) is 7.39. The third-order valence-corrected chi connectivity index (χ3v) is 6.85. The number of rotatable bonds is 4. The highest BCUT2D eigenvalue weighted by molar-refractivity contribution is 7.92. The topological polar surface area (TPSA) is 72.5 Å². The van der Waals surface area contributed by atoms with Crippen LogP contribution in [0.2, 0.25) is 0 Å². The minimum Gasteiger partial charge on any atom is -0.496 e. The highest BCUT2D eigenvalue weighted by atomic mass is 32.2. The van der Waals surface area contributed by atoms with Crippen LogP contribution in [0, 0.1) is 0 Å². The third kappa shape index (κ3) is 3.61. The Bertz CT molecular complexity index is 652. The number of methoxy groups -OCH3 is 1. The number of para-hydroxylation sites is 1. The molecule has 1 aliphatic heterocycles. The molecule has 1 fully saturated rings. The number of amides is 1. The van der Waals surface area contributed by atoms with Gasteiger partial charge in [0.1, 0.15) is 5.75 Å². The predicted octanol–water partition coefficient (Wildman–Crippen LogP) is 1.71. The maximum absolute atomic E-state index is 12.2. The Hall–Kier alpha value is -1.56. The lowest BCUT2D eigenvalue weighted by Crippen LogP contribution is -2.49. The average molecular weight is 325 g/mol. The van der Waals surface area contributed by atoms with Crippen LogP contribution in [-0.2, 0) is 21.1 Å². The number of sulfone groups is 1. The zero-order valence-corrected chi connectivity index (χ0v) is 14.1. The Balaban J connectivity index is 1.99. The van der Waals surface area contributed by atoms with Gasteiger partial charge in [-0.1, -0.05) is 18.2 Å². The summed E-state index contributed by atoms with van der Waals surface area (Å²) in [6.07, 6.45) is 1.16. The van der Waals surface area contributed by atoms with Crippen molar-refractivity contribution in [2.45, 2.75) is 43.9 Å². The Morgan fingerprint density at radius 1 is 1.36 bits per heavy atom. The second-order valence-electron chi connectivity index (χ2n) is 6.32. The molecule has 0 aliphatic carbocycles. The van der Waals surface area contributed by atoms with E-state index in [2.05, 4.69) is 5.32 Å². The van der Waals surface area contributed by atoms with Gasteiger partial charge in [-0.05, 0) is 32.8 Å². The van der Waals surface area contributed by atoms with Crippen molar-refractivity contribution in [3.63, 3.8) is 0 Å². The van der Waals surface area contributed by atoms with Crippen molar-refractivity contribution < 1.29 is 17.9 Å². The fraction of sp³-hybridized carbons (Fsp3) is 0.562. The molecular formula is C16H23NO4S. The van der Waals surface area contributed by atoms with Crippen LogP contribution in [0.15, 0.2) is 24.3 Å². The van der Waals surface area contributed by atoms with Crippen molar-refractivity contribution in [1.82, 2.24) is 5.32 Å². The second kappa shape index (κ2) is 6.28. The molecule has 0 radical (unpaired) electrons. The first-order valence-corrected chi connectivity index (χ1v) is 9.04. The van der Waals surface area contributed by atoms with Gasteiger partial charge < -0.3 is 10.1 Å². The van der Waals surface area contributed by atoms with Gasteiger partial charge in [0.25, 0.3) is 0 Å². The van der Waals surface area contributed by atoms with Crippen LogP contribution in [-0.4, -0.2) is 38.0 Å². The summed E-state index contributed by atoms with van der Waals surface area (Å²) in [6, 6.07) is 7.30. The van der Waals surface area contributed by atoms with Crippen molar-refractivity contribution >= 4 is 15.7 Å². The molecule has 22 heavy (non-hydrogen) atoms. The van der Waals surface area contributed by atoms with E-state index in [0.29, 0.717) is 18.6 Å².